The summed E-state index contributed by atoms with van der Waals surface area (Å²) in [5.74, 6) is 1.21. The van der Waals surface area contributed by atoms with Gasteiger partial charge in [-0.15, -0.1) is 0 Å². The molecule has 2 nitrogen and oxygen atoms in total. The highest BCUT2D eigenvalue weighted by atomic mass is 15.2. The molecule has 0 radical (unpaired) electrons. The zero-order valence-electron chi connectivity index (χ0n) is 10.2. The van der Waals surface area contributed by atoms with Gasteiger partial charge >= 0.3 is 0 Å². The molecule has 0 spiro atoms. The molecule has 0 aliphatic carbocycles. The molecule has 1 aromatic carbocycles. The molecule has 0 unspecified atom stereocenters. The Hall–Kier alpha value is -1.57. The number of benzene rings is 1. The standard InChI is InChI=1S/C14H18N2/c1-4-16(5-2)14-10-11(3)12-8-6-7-9-13(12)15-14/h6-10H,4-5H2,1-3H3/p+1. The van der Waals surface area contributed by atoms with Crippen molar-refractivity contribution < 1.29 is 4.98 Å². The van der Waals surface area contributed by atoms with Gasteiger partial charge in [-0.2, -0.15) is 0 Å². The Kier molecular flexibility index (Phi) is 3.09. The van der Waals surface area contributed by atoms with Crippen molar-refractivity contribution in [1.82, 2.24) is 0 Å². The van der Waals surface area contributed by atoms with Gasteiger partial charge in [0.25, 0.3) is 5.82 Å². The summed E-state index contributed by atoms with van der Waals surface area (Å²) in [6.07, 6.45) is 0. The molecule has 0 aliphatic rings. The molecule has 1 N–H and O–H groups in total. The number of rotatable bonds is 3. The number of pyridine rings is 1. The first-order valence-corrected chi connectivity index (χ1v) is 5.92. The number of nitrogens with one attached hydrogen (secondary N) is 1. The number of nitrogens with zero attached hydrogens (tertiary/aromatic N) is 1. The van der Waals surface area contributed by atoms with Gasteiger partial charge in [0.05, 0.1) is 13.1 Å². The summed E-state index contributed by atoms with van der Waals surface area (Å²) in [6, 6.07) is 10.7. The SMILES string of the molecule is CCN(CC)c1cc(C)c2ccccc2[nH+]1. The smallest absolute Gasteiger partial charge is 0.262 e. The lowest BCUT2D eigenvalue weighted by atomic mass is 10.1. The fraction of sp³-hybridized carbons (Fsp3) is 0.357. The molecule has 0 bridgehead atoms. The van der Waals surface area contributed by atoms with Gasteiger partial charge in [-0.3, -0.25) is 4.90 Å². The first-order valence-electron chi connectivity index (χ1n) is 5.92. The van der Waals surface area contributed by atoms with E-state index in [9.17, 15) is 0 Å². The van der Waals surface area contributed by atoms with Gasteiger partial charge in [0.15, 0.2) is 0 Å². The molecular formula is C14H19N2+. The molecule has 2 rings (SSSR count). The van der Waals surface area contributed by atoms with Crippen LogP contribution >= 0.6 is 0 Å². The van der Waals surface area contributed by atoms with Crippen molar-refractivity contribution in [3.05, 3.63) is 35.9 Å². The van der Waals surface area contributed by atoms with Crippen LogP contribution in [0.1, 0.15) is 19.4 Å². The van der Waals surface area contributed by atoms with Crippen molar-refractivity contribution in [2.24, 2.45) is 0 Å². The minimum atomic E-state index is 1.03. The summed E-state index contributed by atoms with van der Waals surface area (Å²) in [6.45, 7) is 8.60. The van der Waals surface area contributed by atoms with Crippen LogP contribution in [0, 0.1) is 6.92 Å². The summed E-state index contributed by atoms with van der Waals surface area (Å²) < 4.78 is 0. The minimum absolute atomic E-state index is 1.03. The number of hydrogen-bond acceptors (Lipinski definition) is 1. The molecule has 0 saturated carbocycles. The zero-order chi connectivity index (χ0) is 11.5. The average molecular weight is 215 g/mol. The Bertz CT molecular complexity index is 487. The normalized spacial score (nSPS) is 10.7. The molecule has 0 aliphatic heterocycles. The van der Waals surface area contributed by atoms with Crippen LogP contribution in [0.4, 0.5) is 5.82 Å². The Labute approximate surface area is 96.9 Å². The van der Waals surface area contributed by atoms with Crippen molar-refractivity contribution in [1.29, 1.82) is 0 Å². The van der Waals surface area contributed by atoms with Crippen LogP contribution in [-0.2, 0) is 0 Å². The Morgan fingerprint density at radius 2 is 1.81 bits per heavy atom. The van der Waals surface area contributed by atoms with Crippen LogP contribution in [0.25, 0.3) is 10.9 Å². The lowest BCUT2D eigenvalue weighted by molar-refractivity contribution is -0.330. The maximum Gasteiger partial charge on any atom is 0.275 e. The van der Waals surface area contributed by atoms with E-state index in [0.717, 1.165) is 13.1 Å². The summed E-state index contributed by atoms with van der Waals surface area (Å²) >= 11 is 0. The third-order valence-electron chi connectivity index (χ3n) is 3.07. The molecule has 0 amide bonds. The fourth-order valence-electron chi connectivity index (χ4n) is 2.13. The Morgan fingerprint density at radius 1 is 1.12 bits per heavy atom. The molecule has 0 saturated heterocycles. The lowest BCUT2D eigenvalue weighted by Gasteiger charge is -2.13. The summed E-state index contributed by atoms with van der Waals surface area (Å²) in [4.78, 5) is 5.83. The van der Waals surface area contributed by atoms with Crippen molar-refractivity contribution in [2.75, 3.05) is 18.0 Å². The van der Waals surface area contributed by atoms with E-state index in [4.69, 9.17) is 0 Å². The average Bonchev–Trinajstić information content (AvgIpc) is 2.31. The first-order chi connectivity index (χ1) is 7.76. The van der Waals surface area contributed by atoms with Crippen molar-refractivity contribution in [2.45, 2.75) is 20.8 Å². The molecule has 16 heavy (non-hydrogen) atoms. The predicted octanol–water partition coefficient (Wildman–Crippen LogP) is 2.81. The van der Waals surface area contributed by atoms with Crippen molar-refractivity contribution in [3.8, 4) is 0 Å². The highest BCUT2D eigenvalue weighted by molar-refractivity contribution is 5.80. The number of fused-ring (bicyclic) bond motifs is 1. The second kappa shape index (κ2) is 4.52. The van der Waals surface area contributed by atoms with E-state index in [1.54, 1.807) is 0 Å². The maximum atomic E-state index is 3.50. The summed E-state index contributed by atoms with van der Waals surface area (Å²) in [5, 5.41) is 1.30. The Balaban J connectivity index is 2.57. The van der Waals surface area contributed by atoms with E-state index in [1.165, 1.54) is 22.3 Å². The van der Waals surface area contributed by atoms with Crippen LogP contribution < -0.4 is 9.88 Å². The molecule has 2 aromatic rings. The summed E-state index contributed by atoms with van der Waals surface area (Å²) in [5.41, 5.74) is 2.54. The molecular weight excluding hydrogens is 196 g/mol. The number of aromatic amines is 1. The van der Waals surface area contributed by atoms with E-state index in [1.807, 2.05) is 0 Å². The van der Waals surface area contributed by atoms with Gasteiger partial charge in [-0.25, -0.2) is 4.98 Å². The second-order valence-electron chi connectivity index (χ2n) is 4.06. The lowest BCUT2D eigenvalue weighted by Crippen LogP contribution is -2.28. The summed E-state index contributed by atoms with van der Waals surface area (Å²) in [7, 11) is 0. The van der Waals surface area contributed by atoms with Gasteiger partial charge in [-0.05, 0) is 32.4 Å². The molecule has 0 fully saturated rings. The van der Waals surface area contributed by atoms with E-state index >= 15 is 0 Å². The number of anilines is 1. The predicted molar refractivity (Wildman–Crippen MR) is 68.8 cm³/mol. The van der Waals surface area contributed by atoms with Crippen LogP contribution in [0.15, 0.2) is 30.3 Å². The molecule has 1 aromatic heterocycles. The third kappa shape index (κ3) is 1.87. The molecule has 84 valence electrons. The number of para-hydroxylation sites is 1. The van der Waals surface area contributed by atoms with Crippen molar-refractivity contribution >= 4 is 16.7 Å². The van der Waals surface area contributed by atoms with Crippen LogP contribution in [0.5, 0.6) is 0 Å². The number of aromatic nitrogens is 1. The fourth-order valence-corrected chi connectivity index (χ4v) is 2.13. The van der Waals surface area contributed by atoms with E-state index < -0.39 is 0 Å². The number of aryl methyl sites for hydroxylation is 1. The van der Waals surface area contributed by atoms with Gasteiger partial charge in [-0.1, -0.05) is 18.2 Å². The van der Waals surface area contributed by atoms with E-state index in [2.05, 4.69) is 61.0 Å². The number of hydrogen-bond donors (Lipinski definition) is 0. The van der Waals surface area contributed by atoms with E-state index in [-0.39, 0.29) is 0 Å². The second-order valence-corrected chi connectivity index (χ2v) is 4.06. The van der Waals surface area contributed by atoms with Crippen LogP contribution in [-0.4, -0.2) is 13.1 Å². The third-order valence-corrected chi connectivity index (χ3v) is 3.07. The molecule has 1 heterocycles. The van der Waals surface area contributed by atoms with E-state index in [0.29, 0.717) is 0 Å². The molecule has 2 heteroatoms. The van der Waals surface area contributed by atoms with Gasteiger partial charge in [0.1, 0.15) is 5.52 Å². The minimum Gasteiger partial charge on any atom is -0.262 e. The topological polar surface area (TPSA) is 17.4 Å². The quantitative estimate of drug-likeness (QED) is 0.769. The highest BCUT2D eigenvalue weighted by Crippen LogP contribution is 2.18. The monoisotopic (exact) mass is 215 g/mol. The van der Waals surface area contributed by atoms with Gasteiger partial charge in [0.2, 0.25) is 0 Å². The highest BCUT2D eigenvalue weighted by Gasteiger charge is 2.13. The zero-order valence-corrected chi connectivity index (χ0v) is 10.2. The van der Waals surface area contributed by atoms with Crippen molar-refractivity contribution in [3.63, 3.8) is 0 Å². The molecule has 0 atom stereocenters. The van der Waals surface area contributed by atoms with Crippen LogP contribution in [0.3, 0.4) is 0 Å². The van der Waals surface area contributed by atoms with Gasteiger partial charge < -0.3 is 0 Å². The van der Waals surface area contributed by atoms with Crippen LogP contribution in [0.2, 0.25) is 0 Å². The Morgan fingerprint density at radius 3 is 2.50 bits per heavy atom. The largest absolute Gasteiger partial charge is 0.275 e. The first kappa shape index (κ1) is 10.9. The maximum absolute atomic E-state index is 3.50. The van der Waals surface area contributed by atoms with Gasteiger partial charge in [0, 0.05) is 11.5 Å². The number of H-pyrrole nitrogens is 1.